The fourth-order valence-corrected chi connectivity index (χ4v) is 6.85. The Morgan fingerprint density at radius 2 is 0.840 bits per heavy atom. The van der Waals surface area contributed by atoms with E-state index in [0.29, 0.717) is 19.4 Å². The molecule has 50 heavy (non-hydrogen) atoms. The molecule has 6 heteroatoms. The molecule has 298 valence electrons. The van der Waals surface area contributed by atoms with Crippen molar-refractivity contribution in [1.82, 2.24) is 4.90 Å². The lowest BCUT2D eigenvalue weighted by atomic mass is 10.0. The minimum Gasteiger partial charge on any atom is -0.466 e. The summed E-state index contributed by atoms with van der Waals surface area (Å²) in [5, 5.41) is 9.37. The van der Waals surface area contributed by atoms with E-state index in [1.54, 1.807) is 0 Å². The summed E-state index contributed by atoms with van der Waals surface area (Å²) < 4.78 is 11.5. The van der Waals surface area contributed by atoms with E-state index in [9.17, 15) is 14.7 Å². The third-order valence-electron chi connectivity index (χ3n) is 10.2. The summed E-state index contributed by atoms with van der Waals surface area (Å²) in [6.45, 7) is 10.5. The van der Waals surface area contributed by atoms with Crippen LogP contribution in [0.2, 0.25) is 0 Å². The number of hydrogen-bond acceptors (Lipinski definition) is 6. The number of aliphatic hydroxyl groups excluding tert-OH is 1. The average molecular weight is 710 g/mol. The van der Waals surface area contributed by atoms with Gasteiger partial charge in [-0.2, -0.15) is 0 Å². The van der Waals surface area contributed by atoms with Crippen LogP contribution >= 0.6 is 0 Å². The quantitative estimate of drug-likeness (QED) is 0.0503. The van der Waals surface area contributed by atoms with E-state index < -0.39 is 0 Å². The maximum atomic E-state index is 12.7. The first kappa shape index (κ1) is 48.9. The van der Waals surface area contributed by atoms with E-state index in [1.165, 1.54) is 122 Å². The van der Waals surface area contributed by atoms with E-state index >= 15 is 0 Å². The molecule has 0 saturated carbocycles. The van der Waals surface area contributed by atoms with Gasteiger partial charge >= 0.3 is 11.9 Å². The highest BCUT2D eigenvalue weighted by molar-refractivity contribution is 5.69. The molecule has 0 saturated heterocycles. The predicted octanol–water partition coefficient (Wildman–Crippen LogP) is 12.7. The van der Waals surface area contributed by atoms with Gasteiger partial charge in [-0.25, -0.2) is 0 Å². The summed E-state index contributed by atoms with van der Waals surface area (Å²) in [5.41, 5.74) is 0. The SMILES string of the molecule is CCCCCCCCCCCOC(=O)CCCCCN(CCCO)CCCCCCC(=O)OC(CCCCCCCC)CCCCCCCC. The Hall–Kier alpha value is -1.14. The van der Waals surface area contributed by atoms with Gasteiger partial charge in [0.1, 0.15) is 6.10 Å². The minimum absolute atomic E-state index is 0.00363. The first-order valence-electron chi connectivity index (χ1n) is 22.3. The fraction of sp³-hybridized carbons (Fsp3) is 0.955. The molecule has 0 aromatic rings. The summed E-state index contributed by atoms with van der Waals surface area (Å²) >= 11 is 0. The zero-order chi connectivity index (χ0) is 36.6. The van der Waals surface area contributed by atoms with E-state index in [-0.39, 0.29) is 24.6 Å². The molecule has 0 fully saturated rings. The number of hydrogen-bond donors (Lipinski definition) is 1. The van der Waals surface area contributed by atoms with Crippen molar-refractivity contribution in [3.05, 3.63) is 0 Å². The van der Waals surface area contributed by atoms with Crippen LogP contribution in [0.1, 0.15) is 233 Å². The smallest absolute Gasteiger partial charge is 0.306 e. The van der Waals surface area contributed by atoms with E-state index in [1.807, 2.05) is 0 Å². The average Bonchev–Trinajstić information content (AvgIpc) is 3.11. The molecule has 0 heterocycles. The van der Waals surface area contributed by atoms with E-state index in [2.05, 4.69) is 25.7 Å². The second kappa shape index (κ2) is 40.6. The van der Waals surface area contributed by atoms with Gasteiger partial charge in [0.2, 0.25) is 0 Å². The highest BCUT2D eigenvalue weighted by Gasteiger charge is 2.14. The van der Waals surface area contributed by atoms with Gasteiger partial charge in [-0.3, -0.25) is 9.59 Å². The lowest BCUT2D eigenvalue weighted by molar-refractivity contribution is -0.150. The van der Waals surface area contributed by atoms with Crippen molar-refractivity contribution in [1.29, 1.82) is 0 Å². The zero-order valence-electron chi connectivity index (χ0n) is 34.0. The van der Waals surface area contributed by atoms with Crippen LogP contribution in [0.25, 0.3) is 0 Å². The molecule has 0 aromatic heterocycles. The largest absolute Gasteiger partial charge is 0.466 e. The number of ether oxygens (including phenoxy) is 2. The molecule has 0 rings (SSSR count). The third-order valence-corrected chi connectivity index (χ3v) is 10.2. The van der Waals surface area contributed by atoms with Crippen LogP contribution in [0.5, 0.6) is 0 Å². The molecule has 0 atom stereocenters. The zero-order valence-corrected chi connectivity index (χ0v) is 34.0. The van der Waals surface area contributed by atoms with Gasteiger partial charge in [-0.1, -0.05) is 156 Å². The van der Waals surface area contributed by atoms with Crippen molar-refractivity contribution >= 4 is 11.9 Å². The lowest BCUT2D eigenvalue weighted by Crippen LogP contribution is -2.28. The van der Waals surface area contributed by atoms with Gasteiger partial charge in [0.25, 0.3) is 0 Å². The number of aliphatic hydroxyl groups is 1. The van der Waals surface area contributed by atoms with Gasteiger partial charge in [0, 0.05) is 26.0 Å². The lowest BCUT2D eigenvalue weighted by Gasteiger charge is -2.22. The minimum atomic E-state index is -0.0447. The molecular weight excluding hydrogens is 622 g/mol. The Balaban J connectivity index is 4.08. The maximum Gasteiger partial charge on any atom is 0.306 e. The summed E-state index contributed by atoms with van der Waals surface area (Å²) in [5.74, 6) is -0.0411. The molecule has 1 N–H and O–H groups in total. The van der Waals surface area contributed by atoms with Gasteiger partial charge in [0.05, 0.1) is 6.61 Å². The molecule has 0 aliphatic carbocycles. The Bertz CT molecular complexity index is 686. The molecule has 0 aliphatic heterocycles. The van der Waals surface area contributed by atoms with Crippen molar-refractivity contribution < 1.29 is 24.2 Å². The Labute approximate surface area is 312 Å². The number of rotatable bonds is 41. The maximum absolute atomic E-state index is 12.7. The van der Waals surface area contributed by atoms with Gasteiger partial charge in [0.15, 0.2) is 0 Å². The van der Waals surface area contributed by atoms with Crippen molar-refractivity contribution in [3.63, 3.8) is 0 Å². The van der Waals surface area contributed by atoms with Gasteiger partial charge in [-0.05, 0) is 77.3 Å². The molecule has 0 aliphatic rings. The van der Waals surface area contributed by atoms with Crippen molar-refractivity contribution in [3.8, 4) is 0 Å². The monoisotopic (exact) mass is 710 g/mol. The van der Waals surface area contributed by atoms with Gasteiger partial charge in [-0.15, -0.1) is 0 Å². The summed E-state index contributed by atoms with van der Waals surface area (Å²) in [4.78, 5) is 27.3. The highest BCUT2D eigenvalue weighted by atomic mass is 16.5. The van der Waals surface area contributed by atoms with Gasteiger partial charge < -0.3 is 19.5 Å². The number of nitrogens with zero attached hydrogens (tertiary/aromatic N) is 1. The second-order valence-electron chi connectivity index (χ2n) is 15.2. The van der Waals surface area contributed by atoms with Crippen molar-refractivity contribution in [2.75, 3.05) is 32.8 Å². The first-order chi connectivity index (χ1) is 24.6. The Kier molecular flexibility index (Phi) is 39.7. The van der Waals surface area contributed by atoms with Crippen LogP contribution < -0.4 is 0 Å². The third kappa shape index (κ3) is 36.6. The second-order valence-corrected chi connectivity index (χ2v) is 15.2. The summed E-state index contributed by atoms with van der Waals surface area (Å²) in [6, 6.07) is 0. The van der Waals surface area contributed by atoms with Crippen LogP contribution in [0.3, 0.4) is 0 Å². The summed E-state index contributed by atoms with van der Waals surface area (Å²) in [7, 11) is 0. The predicted molar refractivity (Wildman–Crippen MR) is 214 cm³/mol. The van der Waals surface area contributed by atoms with Crippen LogP contribution in [0.15, 0.2) is 0 Å². The normalized spacial score (nSPS) is 11.6. The molecule has 0 spiro atoms. The topological polar surface area (TPSA) is 76.1 Å². The number of carbonyl (C=O) groups is 2. The van der Waals surface area contributed by atoms with E-state index in [4.69, 9.17) is 9.47 Å². The Morgan fingerprint density at radius 3 is 1.34 bits per heavy atom. The van der Waals surface area contributed by atoms with Crippen molar-refractivity contribution in [2.45, 2.75) is 239 Å². The molecular formula is C44H87NO5. The Morgan fingerprint density at radius 1 is 0.460 bits per heavy atom. The van der Waals surface area contributed by atoms with Crippen molar-refractivity contribution in [2.24, 2.45) is 0 Å². The van der Waals surface area contributed by atoms with Crippen LogP contribution in [0.4, 0.5) is 0 Å². The molecule has 0 amide bonds. The number of carbonyl (C=O) groups excluding carboxylic acids is 2. The fourth-order valence-electron chi connectivity index (χ4n) is 6.85. The standard InChI is InChI=1S/C44H87NO5/c1-4-7-10-13-16-17-18-23-31-41-49-43(47)35-28-24-30-38-45(39-32-40-46)37-29-22-21-27-36-44(48)50-42(33-25-19-14-11-8-5-2)34-26-20-15-12-9-6-3/h42,46H,4-41H2,1-3H3. The van der Waals surface area contributed by atoms with E-state index in [0.717, 1.165) is 96.7 Å². The molecule has 6 nitrogen and oxygen atoms in total. The molecule has 0 unspecified atom stereocenters. The molecule has 0 radical (unpaired) electrons. The van der Waals surface area contributed by atoms with Crippen LogP contribution in [-0.2, 0) is 19.1 Å². The number of unbranched alkanes of at least 4 members (excludes halogenated alkanes) is 23. The number of esters is 2. The summed E-state index contributed by atoms with van der Waals surface area (Å²) in [6.07, 6.45) is 38.0. The highest BCUT2D eigenvalue weighted by Crippen LogP contribution is 2.18. The first-order valence-corrected chi connectivity index (χ1v) is 22.3. The van der Waals surface area contributed by atoms with Crippen LogP contribution in [0, 0.1) is 0 Å². The molecule has 0 bridgehead atoms. The van der Waals surface area contributed by atoms with Crippen LogP contribution in [-0.4, -0.2) is 60.9 Å². The molecule has 0 aromatic carbocycles.